The zero-order valence-corrected chi connectivity index (χ0v) is 14.7. The summed E-state index contributed by atoms with van der Waals surface area (Å²) in [4.78, 5) is 24.7. The van der Waals surface area contributed by atoms with Crippen LogP contribution in [-0.4, -0.2) is 45.5 Å². The van der Waals surface area contributed by atoms with Crippen molar-refractivity contribution < 1.29 is 23.8 Å². The highest BCUT2D eigenvalue weighted by Gasteiger charge is 2.43. The Kier molecular flexibility index (Phi) is 4.43. The first-order valence-electron chi connectivity index (χ1n) is 9.00. The van der Waals surface area contributed by atoms with Crippen molar-refractivity contribution in [2.45, 2.75) is 37.6 Å². The molecule has 0 bridgehead atoms. The molecule has 4 rings (SSSR count). The summed E-state index contributed by atoms with van der Waals surface area (Å²) in [6.45, 7) is 0.573. The third kappa shape index (κ3) is 3.10. The largest absolute Gasteiger partial charge is 0.480 e. The number of carboxylic acid groups (broad SMARTS) is 1. The van der Waals surface area contributed by atoms with Crippen LogP contribution in [0.15, 0.2) is 24.3 Å². The second-order valence-electron chi connectivity index (χ2n) is 6.97. The van der Waals surface area contributed by atoms with Gasteiger partial charge in [0.1, 0.15) is 11.4 Å². The number of halogens is 1. The van der Waals surface area contributed by atoms with Gasteiger partial charge >= 0.3 is 5.97 Å². The zero-order chi connectivity index (χ0) is 19.0. The summed E-state index contributed by atoms with van der Waals surface area (Å²) in [5.74, 6) is -1.89. The summed E-state index contributed by atoms with van der Waals surface area (Å²) in [6.07, 6.45) is 2.81. The van der Waals surface area contributed by atoms with Crippen molar-refractivity contribution in [1.82, 2.24) is 15.1 Å². The molecule has 2 aliphatic rings. The van der Waals surface area contributed by atoms with Gasteiger partial charge in [-0.3, -0.25) is 4.79 Å². The predicted molar refractivity (Wildman–Crippen MR) is 93.4 cm³/mol. The first kappa shape index (κ1) is 17.7. The van der Waals surface area contributed by atoms with E-state index in [0.717, 1.165) is 24.1 Å². The van der Waals surface area contributed by atoms with Crippen LogP contribution in [0.3, 0.4) is 0 Å². The molecular formula is C19H20FN3O4. The van der Waals surface area contributed by atoms with Crippen molar-refractivity contribution >= 4 is 11.9 Å². The van der Waals surface area contributed by atoms with E-state index in [4.69, 9.17) is 4.74 Å². The van der Waals surface area contributed by atoms with Crippen LogP contribution < -0.4 is 5.32 Å². The van der Waals surface area contributed by atoms with E-state index < -0.39 is 17.4 Å². The lowest BCUT2D eigenvalue weighted by molar-refractivity contribution is -0.148. The van der Waals surface area contributed by atoms with Gasteiger partial charge in [-0.05, 0) is 43.5 Å². The van der Waals surface area contributed by atoms with Gasteiger partial charge in [0.2, 0.25) is 0 Å². The maximum absolute atomic E-state index is 13.2. The van der Waals surface area contributed by atoms with Gasteiger partial charge in [0, 0.05) is 37.3 Å². The fraction of sp³-hybridized carbons (Fsp3) is 0.421. The molecule has 2 aromatic rings. The van der Waals surface area contributed by atoms with Gasteiger partial charge < -0.3 is 15.2 Å². The Bertz CT molecular complexity index is 885. The van der Waals surface area contributed by atoms with Gasteiger partial charge in [0.05, 0.1) is 5.69 Å². The Balaban J connectivity index is 1.67. The minimum atomic E-state index is -1.33. The molecule has 142 valence electrons. The smallest absolute Gasteiger partial charge is 0.329 e. The number of benzene rings is 1. The van der Waals surface area contributed by atoms with Gasteiger partial charge in [-0.1, -0.05) is 0 Å². The molecule has 2 heterocycles. The van der Waals surface area contributed by atoms with E-state index in [1.807, 2.05) is 0 Å². The third-order valence-corrected chi connectivity index (χ3v) is 5.33. The average molecular weight is 373 g/mol. The topological polar surface area (TPSA) is 93.5 Å². The molecule has 2 N–H and O–H groups in total. The maximum atomic E-state index is 13.2. The number of nitrogens with one attached hydrogen (secondary N) is 1. The van der Waals surface area contributed by atoms with Crippen molar-refractivity contribution in [2.75, 3.05) is 13.2 Å². The Labute approximate surface area is 155 Å². The number of ether oxygens (including phenoxy) is 1. The maximum Gasteiger partial charge on any atom is 0.329 e. The molecule has 7 nitrogen and oxygen atoms in total. The monoisotopic (exact) mass is 373 g/mol. The molecule has 1 fully saturated rings. The Morgan fingerprint density at radius 1 is 1.19 bits per heavy atom. The lowest BCUT2D eigenvalue weighted by atomic mass is 9.90. The lowest BCUT2D eigenvalue weighted by Gasteiger charge is -2.33. The fourth-order valence-electron chi connectivity index (χ4n) is 3.80. The van der Waals surface area contributed by atoms with Crippen LogP contribution in [0.1, 0.15) is 41.0 Å². The van der Waals surface area contributed by atoms with Crippen LogP contribution in [0.2, 0.25) is 0 Å². The van der Waals surface area contributed by atoms with E-state index >= 15 is 0 Å². The second kappa shape index (κ2) is 6.77. The molecule has 1 aliphatic heterocycles. The number of carbonyl (C=O) groups is 2. The van der Waals surface area contributed by atoms with Crippen LogP contribution >= 0.6 is 0 Å². The molecule has 0 saturated carbocycles. The van der Waals surface area contributed by atoms with Crippen LogP contribution in [0.25, 0.3) is 5.69 Å². The highest BCUT2D eigenvalue weighted by Crippen LogP contribution is 2.29. The number of aromatic nitrogens is 2. The quantitative estimate of drug-likeness (QED) is 0.853. The molecule has 8 heteroatoms. The molecule has 0 atom stereocenters. The van der Waals surface area contributed by atoms with Gasteiger partial charge in [-0.15, -0.1) is 0 Å². The first-order chi connectivity index (χ1) is 13.0. The fourth-order valence-corrected chi connectivity index (χ4v) is 3.80. The number of hydrogen-bond acceptors (Lipinski definition) is 4. The normalized spacial score (nSPS) is 18.1. The lowest BCUT2D eigenvalue weighted by Crippen LogP contribution is -2.57. The molecule has 27 heavy (non-hydrogen) atoms. The van der Waals surface area contributed by atoms with Crippen molar-refractivity contribution in [3.05, 3.63) is 47.0 Å². The van der Waals surface area contributed by atoms with E-state index in [1.54, 1.807) is 16.8 Å². The molecule has 1 saturated heterocycles. The molecular weight excluding hydrogens is 353 g/mol. The molecule has 1 amide bonds. The van der Waals surface area contributed by atoms with Crippen LogP contribution in [0, 0.1) is 5.82 Å². The number of amides is 1. The zero-order valence-electron chi connectivity index (χ0n) is 14.7. The number of nitrogens with zero attached hydrogens (tertiary/aromatic N) is 2. The van der Waals surface area contributed by atoms with Gasteiger partial charge in [-0.2, -0.15) is 5.10 Å². The summed E-state index contributed by atoms with van der Waals surface area (Å²) in [7, 11) is 0. The van der Waals surface area contributed by atoms with E-state index in [-0.39, 0.29) is 37.6 Å². The summed E-state index contributed by atoms with van der Waals surface area (Å²) in [5.41, 5.74) is 1.35. The number of fused-ring (bicyclic) bond motifs is 1. The average Bonchev–Trinajstić information content (AvgIpc) is 3.26. The minimum absolute atomic E-state index is 0.217. The van der Waals surface area contributed by atoms with E-state index in [2.05, 4.69) is 10.4 Å². The van der Waals surface area contributed by atoms with Crippen molar-refractivity contribution in [2.24, 2.45) is 0 Å². The van der Waals surface area contributed by atoms with Crippen LogP contribution in [-0.2, 0) is 22.4 Å². The molecule has 1 aromatic heterocycles. The van der Waals surface area contributed by atoms with Gasteiger partial charge in [0.15, 0.2) is 5.69 Å². The number of hydrogen-bond donors (Lipinski definition) is 2. The standard InChI is InChI=1S/C19H20FN3O4/c20-12-4-6-13(7-5-12)23-15-3-1-2-14(15)16(22-23)17(24)21-19(18(25)26)8-10-27-11-9-19/h4-7H,1-3,8-11H2,(H,21,24)(H,25,26). The third-order valence-electron chi connectivity index (χ3n) is 5.33. The van der Waals surface area contributed by atoms with Crippen LogP contribution in [0.5, 0.6) is 0 Å². The summed E-state index contributed by atoms with van der Waals surface area (Å²) in [6, 6.07) is 5.92. The van der Waals surface area contributed by atoms with E-state index in [9.17, 15) is 19.1 Å². The second-order valence-corrected chi connectivity index (χ2v) is 6.97. The molecule has 0 spiro atoms. The minimum Gasteiger partial charge on any atom is -0.480 e. The molecule has 1 aromatic carbocycles. The van der Waals surface area contributed by atoms with E-state index in [1.165, 1.54) is 12.1 Å². The number of aliphatic carboxylic acids is 1. The number of rotatable bonds is 4. The van der Waals surface area contributed by atoms with Gasteiger partial charge in [-0.25, -0.2) is 13.9 Å². The van der Waals surface area contributed by atoms with Crippen molar-refractivity contribution in [1.29, 1.82) is 0 Å². The van der Waals surface area contributed by atoms with Gasteiger partial charge in [0.25, 0.3) is 5.91 Å². The van der Waals surface area contributed by atoms with E-state index in [0.29, 0.717) is 12.1 Å². The van der Waals surface area contributed by atoms with Crippen molar-refractivity contribution in [3.8, 4) is 5.69 Å². The van der Waals surface area contributed by atoms with Crippen LogP contribution in [0.4, 0.5) is 4.39 Å². The highest BCUT2D eigenvalue weighted by molar-refractivity contribution is 5.98. The first-order valence-corrected chi connectivity index (χ1v) is 9.00. The molecule has 1 aliphatic carbocycles. The Hall–Kier alpha value is -2.74. The predicted octanol–water partition coefficient (Wildman–Crippen LogP) is 1.86. The summed E-state index contributed by atoms with van der Waals surface area (Å²) < 4.78 is 20.1. The number of carbonyl (C=O) groups excluding carboxylic acids is 1. The highest BCUT2D eigenvalue weighted by atomic mass is 19.1. The summed E-state index contributed by atoms with van der Waals surface area (Å²) >= 11 is 0. The Morgan fingerprint density at radius 3 is 2.56 bits per heavy atom. The SMILES string of the molecule is O=C(NC1(C(=O)O)CCOCC1)c1nn(-c2ccc(F)cc2)c2c1CCC2. The molecule has 0 radical (unpaired) electrons. The van der Waals surface area contributed by atoms with Crippen molar-refractivity contribution in [3.63, 3.8) is 0 Å². The summed E-state index contributed by atoms with van der Waals surface area (Å²) in [5, 5.41) is 16.8. The molecule has 0 unspecified atom stereocenters. The Morgan fingerprint density at radius 2 is 1.89 bits per heavy atom. The number of carboxylic acids is 1.